The van der Waals surface area contributed by atoms with E-state index in [0.29, 0.717) is 25.7 Å². The van der Waals surface area contributed by atoms with Gasteiger partial charge in [-0.2, -0.15) is 0 Å². The third-order valence-electron chi connectivity index (χ3n) is 6.23. The van der Waals surface area contributed by atoms with Crippen LogP contribution in [-0.4, -0.2) is 33.5 Å². The monoisotopic (exact) mass is 298 g/mol. The van der Waals surface area contributed by atoms with E-state index in [1.54, 1.807) is 0 Å². The number of carbonyl (C=O) groups is 1. The van der Waals surface area contributed by atoms with Gasteiger partial charge < -0.3 is 14.9 Å². The SMILES string of the molecule is CC(=O)O[C@@H]1CC[C@](C)(O)[C@H]2C[C@](O)(C(C)C)CC[C@@]12C. The Labute approximate surface area is 127 Å². The molecule has 2 N–H and O–H groups in total. The molecule has 0 heterocycles. The Morgan fingerprint density at radius 3 is 2.33 bits per heavy atom. The summed E-state index contributed by atoms with van der Waals surface area (Å²) < 4.78 is 5.55. The van der Waals surface area contributed by atoms with Crippen LogP contribution in [0.4, 0.5) is 0 Å². The van der Waals surface area contributed by atoms with Crippen molar-refractivity contribution in [2.24, 2.45) is 17.3 Å². The minimum atomic E-state index is -0.811. The zero-order valence-corrected chi connectivity index (χ0v) is 14.0. The Morgan fingerprint density at radius 1 is 1.19 bits per heavy atom. The van der Waals surface area contributed by atoms with Crippen LogP contribution in [-0.2, 0) is 9.53 Å². The van der Waals surface area contributed by atoms with Crippen LogP contribution in [0.1, 0.15) is 66.7 Å². The predicted octanol–water partition coefficient (Wildman–Crippen LogP) is 2.66. The number of hydrogen-bond acceptors (Lipinski definition) is 4. The molecule has 0 amide bonds. The van der Waals surface area contributed by atoms with Crippen molar-refractivity contribution >= 4 is 5.97 Å². The molecular weight excluding hydrogens is 268 g/mol. The molecular formula is C17H30O4. The van der Waals surface area contributed by atoms with Crippen LogP contribution in [0.5, 0.6) is 0 Å². The van der Waals surface area contributed by atoms with Gasteiger partial charge in [0.15, 0.2) is 0 Å². The second-order valence-corrected chi connectivity index (χ2v) is 8.01. The van der Waals surface area contributed by atoms with Crippen LogP contribution >= 0.6 is 0 Å². The fraction of sp³-hybridized carbons (Fsp3) is 0.941. The zero-order chi connectivity index (χ0) is 16.1. The zero-order valence-electron chi connectivity index (χ0n) is 14.0. The summed E-state index contributed by atoms with van der Waals surface area (Å²) in [4.78, 5) is 11.4. The first kappa shape index (κ1) is 16.8. The number of hydrogen-bond donors (Lipinski definition) is 2. The molecule has 2 fully saturated rings. The van der Waals surface area contributed by atoms with Gasteiger partial charge in [-0.15, -0.1) is 0 Å². The van der Waals surface area contributed by atoms with E-state index in [9.17, 15) is 15.0 Å². The van der Waals surface area contributed by atoms with Gasteiger partial charge in [0.25, 0.3) is 0 Å². The molecule has 0 aromatic heterocycles. The lowest BCUT2D eigenvalue weighted by atomic mass is 9.50. The fourth-order valence-electron chi connectivity index (χ4n) is 4.51. The van der Waals surface area contributed by atoms with Gasteiger partial charge in [-0.3, -0.25) is 4.79 Å². The highest BCUT2D eigenvalue weighted by Gasteiger charge is 2.59. The lowest BCUT2D eigenvalue weighted by Crippen LogP contribution is -2.61. The van der Waals surface area contributed by atoms with Crippen LogP contribution < -0.4 is 0 Å². The quantitative estimate of drug-likeness (QED) is 0.769. The minimum absolute atomic E-state index is 0.0516. The molecule has 0 aromatic carbocycles. The summed E-state index contributed by atoms with van der Waals surface area (Å²) in [7, 11) is 0. The first-order valence-corrected chi connectivity index (χ1v) is 8.13. The van der Waals surface area contributed by atoms with E-state index in [1.165, 1.54) is 6.92 Å². The molecule has 0 aromatic rings. The maximum Gasteiger partial charge on any atom is 0.302 e. The summed E-state index contributed by atoms with van der Waals surface area (Å²) in [5, 5.41) is 21.7. The van der Waals surface area contributed by atoms with E-state index in [4.69, 9.17) is 4.74 Å². The summed E-state index contributed by atoms with van der Waals surface area (Å²) in [5.41, 5.74) is -1.80. The Balaban J connectivity index is 2.32. The van der Waals surface area contributed by atoms with E-state index < -0.39 is 11.2 Å². The second-order valence-electron chi connectivity index (χ2n) is 8.01. The average Bonchev–Trinajstić information content (AvgIpc) is 2.35. The van der Waals surface area contributed by atoms with Gasteiger partial charge >= 0.3 is 5.97 Å². The van der Waals surface area contributed by atoms with Crippen LogP contribution in [0.15, 0.2) is 0 Å². The topological polar surface area (TPSA) is 66.8 Å². The van der Waals surface area contributed by atoms with Crippen LogP contribution in [0.3, 0.4) is 0 Å². The van der Waals surface area contributed by atoms with E-state index in [2.05, 4.69) is 6.92 Å². The van der Waals surface area contributed by atoms with Crippen LogP contribution in [0, 0.1) is 17.3 Å². The molecule has 0 bridgehead atoms. The van der Waals surface area contributed by atoms with E-state index >= 15 is 0 Å². The first-order chi connectivity index (χ1) is 9.51. The van der Waals surface area contributed by atoms with Crippen molar-refractivity contribution in [2.45, 2.75) is 84.0 Å². The number of ether oxygens (including phenoxy) is 1. The molecule has 5 atom stereocenters. The average molecular weight is 298 g/mol. The lowest BCUT2D eigenvalue weighted by Gasteiger charge is -2.59. The summed E-state index contributed by atoms with van der Waals surface area (Å²) in [6, 6.07) is 0. The number of aliphatic hydroxyl groups is 2. The third-order valence-corrected chi connectivity index (χ3v) is 6.23. The highest BCUT2D eigenvalue weighted by atomic mass is 16.5. The second kappa shape index (κ2) is 5.24. The van der Waals surface area contributed by atoms with Crippen molar-refractivity contribution < 1.29 is 19.7 Å². The Morgan fingerprint density at radius 2 is 1.81 bits per heavy atom. The van der Waals surface area contributed by atoms with Gasteiger partial charge in [0.1, 0.15) is 6.10 Å². The Kier molecular flexibility index (Phi) is 4.18. The normalized spacial score (nSPS) is 47.0. The van der Waals surface area contributed by atoms with Crippen LogP contribution in [0.2, 0.25) is 0 Å². The summed E-state index contributed by atoms with van der Waals surface area (Å²) >= 11 is 0. The number of rotatable bonds is 2. The summed E-state index contributed by atoms with van der Waals surface area (Å²) in [6.45, 7) is 9.48. The van der Waals surface area contributed by atoms with E-state index in [-0.39, 0.29) is 29.3 Å². The molecule has 2 aliphatic rings. The minimum Gasteiger partial charge on any atom is -0.462 e. The fourth-order valence-corrected chi connectivity index (χ4v) is 4.51. The first-order valence-electron chi connectivity index (χ1n) is 8.13. The van der Waals surface area contributed by atoms with Crippen molar-refractivity contribution in [3.63, 3.8) is 0 Å². The molecule has 21 heavy (non-hydrogen) atoms. The molecule has 0 unspecified atom stereocenters. The van der Waals surface area contributed by atoms with Crippen LogP contribution in [0.25, 0.3) is 0 Å². The van der Waals surface area contributed by atoms with Gasteiger partial charge in [-0.05, 0) is 50.9 Å². The molecule has 0 aliphatic heterocycles. The highest BCUT2D eigenvalue weighted by Crippen LogP contribution is 2.58. The van der Waals surface area contributed by atoms with E-state index in [1.807, 2.05) is 20.8 Å². The standard InChI is InChI=1S/C17H30O4/c1-11(2)17(20)9-8-15(4)13(10-17)16(5,19)7-6-14(15)21-12(3)18/h11,13-14,19-20H,6-10H2,1-5H3/t13-,14+,15+,16-,17-/m0/s1. The van der Waals surface area contributed by atoms with Crippen molar-refractivity contribution in [1.29, 1.82) is 0 Å². The predicted molar refractivity (Wildman–Crippen MR) is 80.6 cm³/mol. The molecule has 0 saturated heterocycles. The number of esters is 1. The van der Waals surface area contributed by atoms with E-state index in [0.717, 1.165) is 6.42 Å². The molecule has 2 aliphatic carbocycles. The Bertz CT molecular complexity index is 417. The molecule has 2 rings (SSSR count). The third kappa shape index (κ3) is 2.85. The van der Waals surface area contributed by atoms with Gasteiger partial charge in [-0.25, -0.2) is 0 Å². The van der Waals surface area contributed by atoms with Gasteiger partial charge in [0.2, 0.25) is 0 Å². The number of fused-ring (bicyclic) bond motifs is 1. The number of carbonyl (C=O) groups excluding carboxylic acids is 1. The molecule has 4 heteroatoms. The van der Waals surface area contributed by atoms with Crippen molar-refractivity contribution in [3.8, 4) is 0 Å². The smallest absolute Gasteiger partial charge is 0.302 e. The van der Waals surface area contributed by atoms with Crippen molar-refractivity contribution in [1.82, 2.24) is 0 Å². The van der Waals surface area contributed by atoms with Gasteiger partial charge in [0.05, 0.1) is 11.2 Å². The maximum atomic E-state index is 11.4. The highest BCUT2D eigenvalue weighted by molar-refractivity contribution is 5.66. The molecule has 2 saturated carbocycles. The lowest BCUT2D eigenvalue weighted by molar-refractivity contribution is -0.218. The summed E-state index contributed by atoms with van der Waals surface area (Å²) in [5.74, 6) is -0.151. The van der Waals surface area contributed by atoms with Gasteiger partial charge in [0, 0.05) is 12.3 Å². The molecule has 0 spiro atoms. The van der Waals surface area contributed by atoms with Crippen molar-refractivity contribution in [2.75, 3.05) is 0 Å². The van der Waals surface area contributed by atoms with Crippen molar-refractivity contribution in [3.05, 3.63) is 0 Å². The molecule has 4 nitrogen and oxygen atoms in total. The molecule has 0 radical (unpaired) electrons. The maximum absolute atomic E-state index is 11.4. The summed E-state index contributed by atoms with van der Waals surface area (Å²) in [6.07, 6.45) is 3.20. The largest absolute Gasteiger partial charge is 0.462 e. The Hall–Kier alpha value is -0.610. The van der Waals surface area contributed by atoms with Gasteiger partial charge in [-0.1, -0.05) is 20.8 Å². The molecule has 122 valence electrons.